The molecule has 0 N–H and O–H groups in total. The second-order valence-corrected chi connectivity index (χ2v) is 6.51. The van der Waals surface area contributed by atoms with Gasteiger partial charge in [-0.05, 0) is 57.8 Å². The number of hydrogen-bond acceptors (Lipinski definition) is 4. The van der Waals surface area contributed by atoms with Crippen molar-refractivity contribution < 1.29 is 9.31 Å². The smallest absolute Gasteiger partial charge is 0.400 e. The highest BCUT2D eigenvalue weighted by atomic mass is 32.1. The number of rotatable bonds is 3. The third kappa shape index (κ3) is 3.10. The normalized spacial score (nSPS) is 21.3. The number of nitrogens with zero attached hydrogens (tertiary/aromatic N) is 1. The lowest BCUT2D eigenvalue weighted by Crippen LogP contribution is -2.41. The minimum atomic E-state index is -0.342. The van der Waals surface area contributed by atoms with Crippen LogP contribution < -0.4 is 0 Å². The van der Waals surface area contributed by atoms with E-state index in [1.165, 1.54) is 0 Å². The van der Waals surface area contributed by atoms with E-state index in [9.17, 15) is 0 Å². The van der Waals surface area contributed by atoms with E-state index in [0.29, 0.717) is 5.75 Å². The fourth-order valence-corrected chi connectivity index (χ4v) is 2.29. The molecule has 2 heterocycles. The Kier molecular flexibility index (Phi) is 4.33. The van der Waals surface area contributed by atoms with Crippen molar-refractivity contribution in [1.29, 1.82) is 0 Å². The highest BCUT2D eigenvalue weighted by molar-refractivity contribution is 7.80. The molecule has 0 bridgehead atoms. The molecule has 0 unspecified atom stereocenters. The second-order valence-electron chi connectivity index (χ2n) is 6.20. The molecule has 2 rings (SSSR count). The van der Waals surface area contributed by atoms with E-state index in [1.807, 2.05) is 25.3 Å². The second kappa shape index (κ2) is 5.55. The maximum Gasteiger partial charge on any atom is 0.491 e. The zero-order valence-corrected chi connectivity index (χ0v) is 13.7. The van der Waals surface area contributed by atoms with Crippen LogP contribution in [0.1, 0.15) is 39.0 Å². The van der Waals surface area contributed by atoms with Gasteiger partial charge in [0, 0.05) is 17.6 Å². The number of aromatic nitrogens is 1. The zero-order valence-electron chi connectivity index (χ0n) is 12.8. The van der Waals surface area contributed by atoms with Gasteiger partial charge in [-0.15, -0.1) is 0 Å². The zero-order chi connectivity index (χ0) is 15.0. The molecule has 0 saturated carbocycles. The molecule has 1 aliphatic heterocycles. The summed E-state index contributed by atoms with van der Waals surface area (Å²) in [5, 5.41) is 0. The molecule has 3 nitrogen and oxygen atoms in total. The number of thiol groups is 1. The van der Waals surface area contributed by atoms with Gasteiger partial charge in [-0.2, -0.15) is 12.6 Å². The molecule has 1 aliphatic rings. The van der Waals surface area contributed by atoms with Crippen LogP contribution in [-0.2, 0) is 9.31 Å². The Bertz CT molecular complexity index is 512. The molecule has 0 atom stereocenters. The van der Waals surface area contributed by atoms with Crippen molar-refractivity contribution in [2.75, 3.05) is 5.75 Å². The summed E-state index contributed by atoms with van der Waals surface area (Å²) < 4.78 is 12.1. The lowest BCUT2D eigenvalue weighted by atomic mass is 9.78. The summed E-state index contributed by atoms with van der Waals surface area (Å²) in [6.45, 7) is 10.2. The van der Waals surface area contributed by atoms with Crippen molar-refractivity contribution in [1.82, 2.24) is 4.98 Å². The van der Waals surface area contributed by atoms with Crippen LogP contribution in [0.5, 0.6) is 0 Å². The number of aryl methyl sites for hydroxylation is 1. The first-order valence-electron chi connectivity index (χ1n) is 6.85. The molecule has 5 heteroatoms. The lowest BCUT2D eigenvalue weighted by molar-refractivity contribution is 0.00578. The van der Waals surface area contributed by atoms with E-state index in [2.05, 4.69) is 51.4 Å². The van der Waals surface area contributed by atoms with E-state index in [4.69, 9.17) is 9.31 Å². The Balaban J connectivity index is 2.26. The van der Waals surface area contributed by atoms with Crippen LogP contribution in [0.3, 0.4) is 0 Å². The molecule has 1 aromatic rings. The van der Waals surface area contributed by atoms with Crippen LogP contribution in [0, 0.1) is 6.92 Å². The molecule has 0 aliphatic carbocycles. The van der Waals surface area contributed by atoms with Gasteiger partial charge in [0.15, 0.2) is 0 Å². The minimum Gasteiger partial charge on any atom is -0.400 e. The third-order valence-electron chi connectivity index (χ3n) is 4.01. The van der Waals surface area contributed by atoms with Gasteiger partial charge in [-0.3, -0.25) is 4.98 Å². The predicted octanol–water partition coefficient (Wildman–Crippen LogP) is 3.33. The average Bonchev–Trinajstić information content (AvgIpc) is 2.55. The molecule has 0 radical (unpaired) electrons. The van der Waals surface area contributed by atoms with Gasteiger partial charge in [-0.25, -0.2) is 0 Å². The van der Waals surface area contributed by atoms with E-state index in [1.54, 1.807) is 0 Å². The van der Waals surface area contributed by atoms with Crippen LogP contribution in [0.2, 0.25) is 0 Å². The minimum absolute atomic E-state index is 0.326. The number of hydrogen-bond donors (Lipinski definition) is 1. The van der Waals surface area contributed by atoms with Gasteiger partial charge in [0.1, 0.15) is 0 Å². The largest absolute Gasteiger partial charge is 0.491 e. The molecular formula is C15H22BNO2S. The summed E-state index contributed by atoms with van der Waals surface area (Å²) in [5.74, 6) is 0.595. The Morgan fingerprint density at radius 3 is 2.40 bits per heavy atom. The summed E-state index contributed by atoms with van der Waals surface area (Å²) in [5.41, 5.74) is 2.46. The molecule has 20 heavy (non-hydrogen) atoms. The fourth-order valence-electron chi connectivity index (χ4n) is 2.05. The van der Waals surface area contributed by atoms with E-state index in [0.717, 1.165) is 16.7 Å². The predicted molar refractivity (Wildman–Crippen MR) is 86.9 cm³/mol. The molecular weight excluding hydrogens is 269 g/mol. The first-order valence-corrected chi connectivity index (χ1v) is 7.48. The highest BCUT2D eigenvalue weighted by Crippen LogP contribution is 2.38. The maximum atomic E-state index is 6.06. The summed E-state index contributed by atoms with van der Waals surface area (Å²) >= 11 is 4.42. The summed E-state index contributed by atoms with van der Waals surface area (Å²) in [7, 11) is -0.342. The SMILES string of the molecule is Cc1cc(C=C(CS)B2OC(C)(C)C(C)(C)O2)ccn1. The lowest BCUT2D eigenvalue weighted by Gasteiger charge is -2.32. The van der Waals surface area contributed by atoms with Gasteiger partial charge in [-0.1, -0.05) is 6.08 Å². The average molecular weight is 291 g/mol. The fraction of sp³-hybridized carbons (Fsp3) is 0.533. The standard InChI is InChI=1S/C15H22BNO2S/c1-11-8-12(6-7-17-11)9-13(10-20)16-18-14(2,3)15(4,5)19-16/h6-9,20H,10H2,1-5H3. The van der Waals surface area contributed by atoms with E-state index < -0.39 is 0 Å². The summed E-state index contributed by atoms with van der Waals surface area (Å²) in [6, 6.07) is 4.01. The van der Waals surface area contributed by atoms with Crippen molar-refractivity contribution in [2.45, 2.75) is 45.8 Å². The van der Waals surface area contributed by atoms with Crippen molar-refractivity contribution in [3.8, 4) is 0 Å². The first-order chi connectivity index (χ1) is 9.25. The highest BCUT2D eigenvalue weighted by Gasteiger charge is 2.52. The van der Waals surface area contributed by atoms with Gasteiger partial charge in [0.05, 0.1) is 11.2 Å². The number of pyridine rings is 1. The molecule has 0 amide bonds. The summed E-state index contributed by atoms with van der Waals surface area (Å²) in [6.07, 6.45) is 3.88. The first kappa shape index (κ1) is 15.6. The molecule has 1 saturated heterocycles. The van der Waals surface area contributed by atoms with E-state index >= 15 is 0 Å². The Labute approximate surface area is 127 Å². The molecule has 1 fully saturated rings. The van der Waals surface area contributed by atoms with Crippen molar-refractivity contribution >= 4 is 25.8 Å². The molecule has 1 aromatic heterocycles. The van der Waals surface area contributed by atoms with E-state index in [-0.39, 0.29) is 18.3 Å². The van der Waals surface area contributed by atoms with Gasteiger partial charge >= 0.3 is 7.12 Å². The van der Waals surface area contributed by atoms with Crippen molar-refractivity contribution in [2.24, 2.45) is 0 Å². The maximum absolute atomic E-state index is 6.06. The van der Waals surface area contributed by atoms with Crippen LogP contribution >= 0.6 is 12.6 Å². The third-order valence-corrected chi connectivity index (χ3v) is 4.38. The quantitative estimate of drug-likeness (QED) is 0.684. The van der Waals surface area contributed by atoms with Gasteiger partial charge < -0.3 is 9.31 Å². The van der Waals surface area contributed by atoms with Crippen molar-refractivity contribution in [3.63, 3.8) is 0 Å². The van der Waals surface area contributed by atoms with Gasteiger partial charge in [0.25, 0.3) is 0 Å². The Hall–Kier alpha value is -0.775. The summed E-state index contributed by atoms with van der Waals surface area (Å²) in [4.78, 5) is 4.21. The van der Waals surface area contributed by atoms with Crippen LogP contribution in [0.4, 0.5) is 0 Å². The van der Waals surface area contributed by atoms with Gasteiger partial charge in [0.2, 0.25) is 0 Å². The van der Waals surface area contributed by atoms with Crippen LogP contribution in [-0.4, -0.2) is 29.1 Å². The van der Waals surface area contributed by atoms with Crippen LogP contribution in [0.15, 0.2) is 23.8 Å². The van der Waals surface area contributed by atoms with Crippen molar-refractivity contribution in [3.05, 3.63) is 35.1 Å². The topological polar surface area (TPSA) is 31.4 Å². The monoisotopic (exact) mass is 291 g/mol. The Morgan fingerprint density at radius 2 is 1.90 bits per heavy atom. The molecule has 0 spiro atoms. The molecule has 108 valence electrons. The van der Waals surface area contributed by atoms with Crippen LogP contribution in [0.25, 0.3) is 6.08 Å². The molecule has 0 aromatic carbocycles. The Morgan fingerprint density at radius 1 is 1.30 bits per heavy atom.